The molecule has 0 amide bonds. The molecule has 96 valence electrons. The topological polar surface area (TPSA) is 12.0 Å². The molecule has 0 aromatic heterocycles. The molecule has 0 spiro atoms. The normalized spacial score (nSPS) is 10.8. The van der Waals surface area contributed by atoms with E-state index in [0.29, 0.717) is 12.0 Å². The van der Waals surface area contributed by atoms with E-state index in [1.165, 1.54) is 12.1 Å². The lowest BCUT2D eigenvalue weighted by atomic mass is 10.1. The molecule has 1 rings (SSSR count). The van der Waals surface area contributed by atoms with Crippen LogP contribution in [0.25, 0.3) is 0 Å². The van der Waals surface area contributed by atoms with Crippen molar-refractivity contribution < 1.29 is 8.78 Å². The number of nitrogens with one attached hydrogen (secondary N) is 1. The van der Waals surface area contributed by atoms with Crippen LogP contribution in [0.5, 0.6) is 0 Å². The van der Waals surface area contributed by atoms with E-state index in [9.17, 15) is 8.78 Å². The van der Waals surface area contributed by atoms with Crippen molar-refractivity contribution in [3.05, 3.63) is 35.4 Å². The maximum atomic E-state index is 13.3. The van der Waals surface area contributed by atoms with Crippen LogP contribution in [0.2, 0.25) is 0 Å². The second-order valence-corrected chi connectivity index (χ2v) is 4.25. The number of halogens is 2. The van der Waals surface area contributed by atoms with Crippen molar-refractivity contribution in [2.75, 3.05) is 13.1 Å². The Kier molecular flexibility index (Phi) is 6.78. The van der Waals surface area contributed by atoms with Gasteiger partial charge >= 0.3 is 0 Å². The summed E-state index contributed by atoms with van der Waals surface area (Å²) in [7, 11) is 0. The van der Waals surface area contributed by atoms with Crippen molar-refractivity contribution >= 4 is 0 Å². The van der Waals surface area contributed by atoms with E-state index in [-0.39, 0.29) is 11.6 Å². The number of unbranched alkanes of at least 4 members (excludes halogenated alkanes) is 3. The summed E-state index contributed by atoms with van der Waals surface area (Å²) in [5.41, 5.74) is 0.497. The van der Waals surface area contributed by atoms with Gasteiger partial charge in [-0.3, -0.25) is 0 Å². The molecule has 3 heteroatoms. The van der Waals surface area contributed by atoms with E-state index in [1.54, 1.807) is 0 Å². The standard InChI is InChI=1S/C14H21F2N/c1-2-17-10-6-4-3-5-7-12-11-13(15)8-9-14(12)16/h8-9,11,17H,2-7,10H2,1H3. The minimum atomic E-state index is -0.353. The first kappa shape index (κ1) is 14.1. The zero-order valence-electron chi connectivity index (χ0n) is 10.4. The zero-order valence-corrected chi connectivity index (χ0v) is 10.4. The average molecular weight is 241 g/mol. The van der Waals surface area contributed by atoms with Gasteiger partial charge < -0.3 is 5.32 Å². The first-order valence-corrected chi connectivity index (χ1v) is 6.38. The van der Waals surface area contributed by atoms with Crippen molar-refractivity contribution in [1.29, 1.82) is 0 Å². The van der Waals surface area contributed by atoms with Gasteiger partial charge in [0.1, 0.15) is 11.6 Å². The lowest BCUT2D eigenvalue weighted by Gasteiger charge is -2.04. The first-order chi connectivity index (χ1) is 8.24. The first-order valence-electron chi connectivity index (χ1n) is 6.38. The van der Waals surface area contributed by atoms with Crippen molar-refractivity contribution in [2.24, 2.45) is 0 Å². The quantitative estimate of drug-likeness (QED) is 0.685. The molecule has 1 aromatic rings. The van der Waals surface area contributed by atoms with E-state index >= 15 is 0 Å². The smallest absolute Gasteiger partial charge is 0.126 e. The van der Waals surface area contributed by atoms with Crippen LogP contribution >= 0.6 is 0 Å². The van der Waals surface area contributed by atoms with Gasteiger partial charge in [-0.1, -0.05) is 19.8 Å². The van der Waals surface area contributed by atoms with Crippen LogP contribution in [0, 0.1) is 11.6 Å². The van der Waals surface area contributed by atoms with E-state index < -0.39 is 0 Å². The summed E-state index contributed by atoms with van der Waals surface area (Å²) in [6.45, 7) is 4.14. The van der Waals surface area contributed by atoms with E-state index in [0.717, 1.165) is 44.8 Å². The molecule has 1 nitrogen and oxygen atoms in total. The largest absolute Gasteiger partial charge is 0.317 e. The summed E-state index contributed by atoms with van der Waals surface area (Å²) in [5, 5.41) is 3.26. The van der Waals surface area contributed by atoms with E-state index in [2.05, 4.69) is 12.2 Å². The maximum Gasteiger partial charge on any atom is 0.126 e. The molecule has 0 unspecified atom stereocenters. The third kappa shape index (κ3) is 5.78. The average Bonchev–Trinajstić information content (AvgIpc) is 2.32. The van der Waals surface area contributed by atoms with Gasteiger partial charge in [0, 0.05) is 0 Å². The lowest BCUT2D eigenvalue weighted by Crippen LogP contribution is -2.13. The van der Waals surface area contributed by atoms with Gasteiger partial charge in [-0.05, 0) is 56.1 Å². The Morgan fingerprint density at radius 2 is 1.82 bits per heavy atom. The second kappa shape index (κ2) is 8.18. The summed E-state index contributed by atoms with van der Waals surface area (Å²) < 4.78 is 26.2. The number of hydrogen-bond donors (Lipinski definition) is 1. The maximum absolute atomic E-state index is 13.3. The van der Waals surface area contributed by atoms with Crippen LogP contribution in [-0.4, -0.2) is 13.1 Å². The Hall–Kier alpha value is -0.960. The predicted octanol–water partition coefficient (Wildman–Crippen LogP) is 3.68. The summed E-state index contributed by atoms with van der Waals surface area (Å²) in [6, 6.07) is 3.67. The van der Waals surface area contributed by atoms with Gasteiger partial charge in [0.25, 0.3) is 0 Å². The van der Waals surface area contributed by atoms with Crippen LogP contribution in [-0.2, 0) is 6.42 Å². The van der Waals surface area contributed by atoms with Crippen molar-refractivity contribution in [3.63, 3.8) is 0 Å². The highest BCUT2D eigenvalue weighted by Gasteiger charge is 2.03. The molecular formula is C14H21F2N. The highest BCUT2D eigenvalue weighted by molar-refractivity contribution is 5.18. The lowest BCUT2D eigenvalue weighted by molar-refractivity contribution is 0.565. The van der Waals surface area contributed by atoms with Crippen LogP contribution in [0.15, 0.2) is 18.2 Å². The van der Waals surface area contributed by atoms with Crippen LogP contribution < -0.4 is 5.32 Å². The van der Waals surface area contributed by atoms with Gasteiger partial charge in [0.05, 0.1) is 0 Å². The molecule has 0 aliphatic rings. The molecule has 0 fully saturated rings. The Labute approximate surface area is 102 Å². The minimum Gasteiger partial charge on any atom is -0.317 e. The highest BCUT2D eigenvalue weighted by Crippen LogP contribution is 2.13. The molecule has 0 aliphatic heterocycles. The zero-order chi connectivity index (χ0) is 12.5. The minimum absolute atomic E-state index is 0.293. The summed E-state index contributed by atoms with van der Waals surface area (Å²) >= 11 is 0. The molecule has 0 heterocycles. The van der Waals surface area contributed by atoms with Gasteiger partial charge in [-0.15, -0.1) is 0 Å². The molecule has 1 N–H and O–H groups in total. The summed E-state index contributed by atoms with van der Waals surface area (Å²) in [5.74, 6) is -0.646. The monoisotopic (exact) mass is 241 g/mol. The second-order valence-electron chi connectivity index (χ2n) is 4.25. The Balaban J connectivity index is 2.15. The third-order valence-electron chi connectivity index (χ3n) is 2.81. The Bertz CT molecular complexity index is 326. The molecule has 17 heavy (non-hydrogen) atoms. The molecule has 0 aliphatic carbocycles. The van der Waals surface area contributed by atoms with E-state index in [1.807, 2.05) is 0 Å². The molecular weight excluding hydrogens is 220 g/mol. The fraction of sp³-hybridized carbons (Fsp3) is 0.571. The molecule has 0 atom stereocenters. The highest BCUT2D eigenvalue weighted by atomic mass is 19.1. The van der Waals surface area contributed by atoms with Crippen molar-refractivity contribution in [2.45, 2.75) is 39.0 Å². The SMILES string of the molecule is CCNCCCCCCc1cc(F)ccc1F. The van der Waals surface area contributed by atoms with Gasteiger partial charge in [-0.25, -0.2) is 8.78 Å². The molecule has 1 aromatic carbocycles. The fourth-order valence-corrected chi connectivity index (χ4v) is 1.83. The van der Waals surface area contributed by atoms with Crippen LogP contribution in [0.1, 0.15) is 38.2 Å². The Morgan fingerprint density at radius 1 is 1.06 bits per heavy atom. The third-order valence-corrected chi connectivity index (χ3v) is 2.81. The van der Waals surface area contributed by atoms with Gasteiger partial charge in [-0.2, -0.15) is 0 Å². The molecule has 0 saturated carbocycles. The number of aryl methyl sites for hydroxylation is 1. The summed E-state index contributed by atoms with van der Waals surface area (Å²) in [4.78, 5) is 0. The molecule has 0 radical (unpaired) electrons. The van der Waals surface area contributed by atoms with E-state index in [4.69, 9.17) is 0 Å². The number of rotatable bonds is 8. The summed E-state index contributed by atoms with van der Waals surface area (Å²) in [6.07, 6.45) is 4.92. The van der Waals surface area contributed by atoms with Crippen LogP contribution in [0.4, 0.5) is 8.78 Å². The molecule has 0 bridgehead atoms. The fourth-order valence-electron chi connectivity index (χ4n) is 1.83. The number of benzene rings is 1. The predicted molar refractivity (Wildman–Crippen MR) is 67.1 cm³/mol. The van der Waals surface area contributed by atoms with Crippen molar-refractivity contribution in [3.8, 4) is 0 Å². The van der Waals surface area contributed by atoms with Gasteiger partial charge in [0.2, 0.25) is 0 Å². The Morgan fingerprint density at radius 3 is 2.59 bits per heavy atom. The van der Waals surface area contributed by atoms with Crippen molar-refractivity contribution in [1.82, 2.24) is 5.32 Å². The van der Waals surface area contributed by atoms with Crippen LogP contribution in [0.3, 0.4) is 0 Å². The van der Waals surface area contributed by atoms with Gasteiger partial charge in [0.15, 0.2) is 0 Å². The number of hydrogen-bond acceptors (Lipinski definition) is 1. The molecule has 0 saturated heterocycles.